The van der Waals surface area contributed by atoms with Gasteiger partial charge >= 0.3 is 0 Å². The molecule has 0 spiro atoms. The summed E-state index contributed by atoms with van der Waals surface area (Å²) in [5.74, 6) is 1.48. The van der Waals surface area contributed by atoms with Gasteiger partial charge in [-0.1, -0.05) is 24.3 Å². The predicted molar refractivity (Wildman–Crippen MR) is 95.2 cm³/mol. The fourth-order valence-electron chi connectivity index (χ4n) is 3.47. The molecule has 2 N–H and O–H groups in total. The van der Waals surface area contributed by atoms with Crippen LogP contribution in [0.5, 0.6) is 11.5 Å². The first-order valence-corrected chi connectivity index (χ1v) is 8.88. The Morgan fingerprint density at radius 3 is 2.72 bits per heavy atom. The van der Waals surface area contributed by atoms with Gasteiger partial charge in [0.15, 0.2) is 18.0 Å². The number of hydrogen-bond acceptors (Lipinski definition) is 3. The van der Waals surface area contributed by atoms with E-state index in [1.54, 1.807) is 0 Å². The van der Waals surface area contributed by atoms with E-state index in [1.807, 2.05) is 18.2 Å². The molecule has 0 bridgehead atoms. The number of hydrogen-bond donors (Lipinski definition) is 2. The highest BCUT2D eigenvalue weighted by molar-refractivity contribution is 5.91. The molecule has 2 aromatic carbocycles. The molecule has 130 valence electrons. The van der Waals surface area contributed by atoms with E-state index in [-0.39, 0.29) is 5.91 Å². The van der Waals surface area contributed by atoms with Crippen LogP contribution >= 0.6 is 0 Å². The number of rotatable bonds is 3. The van der Waals surface area contributed by atoms with Crippen LogP contribution in [0.3, 0.4) is 0 Å². The van der Waals surface area contributed by atoms with Crippen molar-refractivity contribution in [2.24, 2.45) is 0 Å². The van der Waals surface area contributed by atoms with Crippen molar-refractivity contribution in [1.82, 2.24) is 0 Å². The third-order valence-electron chi connectivity index (χ3n) is 4.75. The third-order valence-corrected chi connectivity index (χ3v) is 4.75. The van der Waals surface area contributed by atoms with Crippen molar-refractivity contribution in [2.45, 2.75) is 19.4 Å². The summed E-state index contributed by atoms with van der Waals surface area (Å²) in [7, 11) is 0. The van der Waals surface area contributed by atoms with E-state index in [9.17, 15) is 4.79 Å². The van der Waals surface area contributed by atoms with Crippen molar-refractivity contribution in [3.63, 3.8) is 0 Å². The lowest BCUT2D eigenvalue weighted by atomic mass is 10.00. The van der Waals surface area contributed by atoms with Gasteiger partial charge in [0.2, 0.25) is 0 Å². The fraction of sp³-hybridized carbons (Fsp3) is 0.350. The summed E-state index contributed by atoms with van der Waals surface area (Å²) >= 11 is 0. The molecule has 4 rings (SSSR count). The molecule has 5 heteroatoms. The maximum Gasteiger partial charge on any atom is 0.279 e. The lowest BCUT2D eigenvalue weighted by molar-refractivity contribution is -0.907. The summed E-state index contributed by atoms with van der Waals surface area (Å²) in [4.78, 5) is 13.7. The van der Waals surface area contributed by atoms with Crippen LogP contribution in [-0.2, 0) is 17.8 Å². The second-order valence-electron chi connectivity index (χ2n) is 6.63. The summed E-state index contributed by atoms with van der Waals surface area (Å²) in [6.07, 6.45) is 1.90. The Morgan fingerprint density at radius 2 is 1.84 bits per heavy atom. The van der Waals surface area contributed by atoms with Crippen molar-refractivity contribution in [3.8, 4) is 11.5 Å². The molecule has 2 aromatic rings. The quantitative estimate of drug-likeness (QED) is 0.889. The second kappa shape index (κ2) is 7.15. The molecule has 2 heterocycles. The number of ether oxygens (including phenoxy) is 2. The van der Waals surface area contributed by atoms with Gasteiger partial charge in [-0.05, 0) is 17.7 Å². The standard InChI is InChI=1S/C20H22N2O3/c23-20(14-22-9-8-15-4-1-2-5-16(15)13-22)21-17-6-7-18-19(12-17)25-11-3-10-24-18/h1-2,4-7,12H,3,8-11,13-14H2,(H,21,23)/p+1. The number of nitrogens with one attached hydrogen (secondary N) is 2. The largest absolute Gasteiger partial charge is 0.490 e. The van der Waals surface area contributed by atoms with Gasteiger partial charge in [0.25, 0.3) is 5.91 Å². The van der Waals surface area contributed by atoms with Crippen molar-refractivity contribution in [3.05, 3.63) is 53.6 Å². The fourth-order valence-corrected chi connectivity index (χ4v) is 3.47. The summed E-state index contributed by atoms with van der Waals surface area (Å²) < 4.78 is 11.3. The number of carbonyl (C=O) groups is 1. The first-order chi connectivity index (χ1) is 12.3. The van der Waals surface area contributed by atoms with Gasteiger partial charge in [-0.3, -0.25) is 4.79 Å². The molecule has 0 saturated heterocycles. The number of benzene rings is 2. The predicted octanol–water partition coefficient (Wildman–Crippen LogP) is 1.43. The molecule has 1 amide bonds. The van der Waals surface area contributed by atoms with Gasteiger partial charge in [0.1, 0.15) is 6.54 Å². The molecule has 25 heavy (non-hydrogen) atoms. The normalized spacial score (nSPS) is 18.8. The minimum absolute atomic E-state index is 0.0314. The van der Waals surface area contributed by atoms with Gasteiger partial charge < -0.3 is 19.7 Å². The number of fused-ring (bicyclic) bond motifs is 2. The first-order valence-electron chi connectivity index (χ1n) is 8.88. The van der Waals surface area contributed by atoms with Crippen LogP contribution in [0.2, 0.25) is 0 Å². The molecule has 0 fully saturated rings. The number of quaternary nitrogens is 1. The first kappa shape index (κ1) is 16.0. The Kier molecular flexibility index (Phi) is 4.57. The van der Waals surface area contributed by atoms with Gasteiger partial charge in [0.05, 0.1) is 19.8 Å². The van der Waals surface area contributed by atoms with E-state index in [0.717, 1.165) is 37.4 Å². The Balaban J connectivity index is 1.37. The molecule has 1 unspecified atom stereocenters. The maximum atomic E-state index is 12.4. The Bertz CT molecular complexity index is 775. The van der Waals surface area contributed by atoms with Crippen LogP contribution in [0, 0.1) is 0 Å². The van der Waals surface area contributed by atoms with Crippen molar-refractivity contribution in [1.29, 1.82) is 0 Å². The van der Waals surface area contributed by atoms with Crippen LogP contribution in [0.4, 0.5) is 5.69 Å². The van der Waals surface area contributed by atoms with E-state index in [1.165, 1.54) is 16.0 Å². The lowest BCUT2D eigenvalue weighted by Gasteiger charge is -2.25. The zero-order valence-electron chi connectivity index (χ0n) is 14.2. The van der Waals surface area contributed by atoms with E-state index in [4.69, 9.17) is 9.47 Å². The van der Waals surface area contributed by atoms with E-state index >= 15 is 0 Å². The van der Waals surface area contributed by atoms with E-state index in [2.05, 4.69) is 29.6 Å². The van der Waals surface area contributed by atoms with Gasteiger partial charge in [-0.15, -0.1) is 0 Å². The lowest BCUT2D eigenvalue weighted by Crippen LogP contribution is -3.12. The van der Waals surface area contributed by atoms with Crippen LogP contribution in [-0.4, -0.2) is 32.2 Å². The molecule has 0 saturated carbocycles. The van der Waals surface area contributed by atoms with E-state index < -0.39 is 0 Å². The van der Waals surface area contributed by atoms with Crippen molar-refractivity contribution >= 4 is 11.6 Å². The minimum atomic E-state index is 0.0314. The molecule has 0 aromatic heterocycles. The van der Waals surface area contributed by atoms with E-state index in [0.29, 0.717) is 25.5 Å². The number of anilines is 1. The summed E-state index contributed by atoms with van der Waals surface area (Å²) in [6.45, 7) is 3.68. The molecular formula is C20H23N2O3+. The topological polar surface area (TPSA) is 52.0 Å². The molecule has 0 radical (unpaired) electrons. The zero-order valence-corrected chi connectivity index (χ0v) is 14.2. The smallest absolute Gasteiger partial charge is 0.279 e. The van der Waals surface area contributed by atoms with Crippen LogP contribution in [0.1, 0.15) is 17.5 Å². The van der Waals surface area contributed by atoms with Crippen LogP contribution in [0.25, 0.3) is 0 Å². The Labute approximate surface area is 147 Å². The average molecular weight is 339 g/mol. The highest BCUT2D eigenvalue weighted by atomic mass is 16.5. The van der Waals surface area contributed by atoms with Gasteiger partial charge in [-0.25, -0.2) is 0 Å². The van der Waals surface area contributed by atoms with Gasteiger partial charge in [0, 0.05) is 30.2 Å². The number of carbonyl (C=O) groups excluding carboxylic acids is 1. The molecule has 2 aliphatic rings. The molecular weight excluding hydrogens is 316 g/mol. The monoisotopic (exact) mass is 339 g/mol. The number of amides is 1. The second-order valence-corrected chi connectivity index (χ2v) is 6.63. The van der Waals surface area contributed by atoms with Gasteiger partial charge in [-0.2, -0.15) is 0 Å². The molecule has 0 aliphatic carbocycles. The SMILES string of the molecule is O=C(C[NH+]1CCc2ccccc2C1)Nc1ccc2c(c1)OCCCO2. The summed E-state index contributed by atoms with van der Waals surface area (Å²) in [6, 6.07) is 14.1. The minimum Gasteiger partial charge on any atom is -0.490 e. The third kappa shape index (κ3) is 3.77. The summed E-state index contributed by atoms with van der Waals surface area (Å²) in [5, 5.41) is 2.99. The van der Waals surface area contributed by atoms with Crippen molar-refractivity contribution < 1.29 is 19.2 Å². The van der Waals surface area contributed by atoms with Crippen LogP contribution in [0.15, 0.2) is 42.5 Å². The Morgan fingerprint density at radius 1 is 1.04 bits per heavy atom. The van der Waals surface area contributed by atoms with Crippen LogP contribution < -0.4 is 19.7 Å². The highest BCUT2D eigenvalue weighted by Crippen LogP contribution is 2.32. The van der Waals surface area contributed by atoms with Crippen molar-refractivity contribution in [2.75, 3.05) is 31.6 Å². The zero-order chi connectivity index (χ0) is 17.1. The summed E-state index contributed by atoms with van der Waals surface area (Å²) in [5.41, 5.74) is 3.52. The highest BCUT2D eigenvalue weighted by Gasteiger charge is 2.21. The maximum absolute atomic E-state index is 12.4. The molecule has 2 aliphatic heterocycles. The average Bonchev–Trinajstić information content (AvgIpc) is 2.86. The Hall–Kier alpha value is -2.53. The molecule has 5 nitrogen and oxygen atoms in total. The molecule has 1 atom stereocenters.